The lowest BCUT2D eigenvalue weighted by molar-refractivity contribution is -0.156. The van der Waals surface area contributed by atoms with Crippen molar-refractivity contribution in [2.75, 3.05) is 13.1 Å². The van der Waals surface area contributed by atoms with Gasteiger partial charge < -0.3 is 14.3 Å². The van der Waals surface area contributed by atoms with Gasteiger partial charge in [0.2, 0.25) is 0 Å². The number of carboxylic acid groups (broad SMARTS) is 1. The number of aliphatic carboxylic acids is 1. The Morgan fingerprint density at radius 1 is 1.10 bits per heavy atom. The summed E-state index contributed by atoms with van der Waals surface area (Å²) in [5.74, 6) is -0.364. The molecule has 7 heteroatoms. The summed E-state index contributed by atoms with van der Waals surface area (Å²) in [5, 5.41) is 9.16. The summed E-state index contributed by atoms with van der Waals surface area (Å²) in [5.41, 5.74) is 0.584. The molecule has 0 bridgehead atoms. The van der Waals surface area contributed by atoms with E-state index in [9.17, 15) is 9.59 Å². The number of ether oxygens (including phenoxy) is 1. The summed E-state index contributed by atoms with van der Waals surface area (Å²) in [6, 6.07) is 11.6. The van der Waals surface area contributed by atoms with Gasteiger partial charge in [0.05, 0.1) is 19.4 Å². The molecule has 1 N–H and O–H groups in total. The number of carbonyl (C=O) groups is 2. The van der Waals surface area contributed by atoms with Crippen LogP contribution in [0.5, 0.6) is 0 Å². The van der Waals surface area contributed by atoms with E-state index >= 15 is 0 Å². The van der Waals surface area contributed by atoms with Gasteiger partial charge in [-0.05, 0) is 70.9 Å². The van der Waals surface area contributed by atoms with Crippen molar-refractivity contribution in [3.63, 3.8) is 0 Å². The second-order valence-corrected chi connectivity index (χ2v) is 10.4. The summed E-state index contributed by atoms with van der Waals surface area (Å²) >= 11 is 1.46. The minimum Gasteiger partial charge on any atom is -0.480 e. The van der Waals surface area contributed by atoms with Crippen molar-refractivity contribution < 1.29 is 23.8 Å². The standard InChI is InChI=1S/C23H31NO5S/c1-22(2,3)29-21(27)23(4,5)30-19-10-8-17(9-11-19)12-13-24(16-20(25)26)15-18-7-6-14-28-18/h6-11,14H,12-13,15-16H2,1-5H3,(H,25,26). The Morgan fingerprint density at radius 3 is 2.30 bits per heavy atom. The highest BCUT2D eigenvalue weighted by Crippen LogP contribution is 2.34. The number of esters is 1. The molecular weight excluding hydrogens is 402 g/mol. The number of furan rings is 1. The Balaban J connectivity index is 1.94. The van der Waals surface area contributed by atoms with Crippen LogP contribution in [0.2, 0.25) is 0 Å². The van der Waals surface area contributed by atoms with Crippen molar-refractivity contribution in [1.29, 1.82) is 0 Å². The first-order valence-corrected chi connectivity index (χ1v) is 10.7. The fraction of sp³-hybridized carbons (Fsp3) is 0.478. The number of hydrogen-bond acceptors (Lipinski definition) is 6. The van der Waals surface area contributed by atoms with E-state index in [0.717, 1.165) is 16.2 Å². The molecule has 0 spiro atoms. The summed E-state index contributed by atoms with van der Waals surface area (Å²) < 4.78 is 10.2. The Bertz CT molecular complexity index is 822. The van der Waals surface area contributed by atoms with Gasteiger partial charge in [0.25, 0.3) is 0 Å². The van der Waals surface area contributed by atoms with Gasteiger partial charge in [-0.1, -0.05) is 12.1 Å². The zero-order chi connectivity index (χ0) is 22.4. The van der Waals surface area contributed by atoms with Crippen LogP contribution in [0.4, 0.5) is 0 Å². The molecule has 0 unspecified atom stereocenters. The molecule has 2 rings (SSSR count). The number of hydrogen-bond donors (Lipinski definition) is 1. The molecule has 1 aromatic carbocycles. The van der Waals surface area contributed by atoms with Gasteiger partial charge in [-0.15, -0.1) is 11.8 Å². The molecule has 0 aliphatic carbocycles. The smallest absolute Gasteiger partial charge is 0.322 e. The second kappa shape index (κ2) is 10.2. The number of thioether (sulfide) groups is 1. The second-order valence-electron chi connectivity index (χ2n) is 8.69. The van der Waals surface area contributed by atoms with Crippen LogP contribution in [-0.4, -0.2) is 45.4 Å². The zero-order valence-corrected chi connectivity index (χ0v) is 19.1. The zero-order valence-electron chi connectivity index (χ0n) is 18.3. The van der Waals surface area contributed by atoms with Crippen molar-refractivity contribution in [2.24, 2.45) is 0 Å². The minimum absolute atomic E-state index is 0.0429. The lowest BCUT2D eigenvalue weighted by Crippen LogP contribution is -2.36. The molecule has 0 amide bonds. The molecular formula is C23H31NO5S. The normalized spacial score (nSPS) is 12.2. The van der Waals surface area contributed by atoms with Gasteiger partial charge in [0.1, 0.15) is 16.1 Å². The topological polar surface area (TPSA) is 80.0 Å². The quantitative estimate of drug-likeness (QED) is 0.432. The number of carbonyl (C=O) groups excluding carboxylic acids is 1. The van der Waals surface area contributed by atoms with E-state index in [0.29, 0.717) is 19.5 Å². The van der Waals surface area contributed by atoms with Crippen molar-refractivity contribution in [3.8, 4) is 0 Å². The Labute approximate surface area is 182 Å². The van der Waals surface area contributed by atoms with Gasteiger partial charge in [0.15, 0.2) is 0 Å². The van der Waals surface area contributed by atoms with Crippen LogP contribution in [0, 0.1) is 0 Å². The molecule has 0 atom stereocenters. The average molecular weight is 434 g/mol. The van der Waals surface area contributed by atoms with Gasteiger partial charge in [0, 0.05) is 11.4 Å². The highest BCUT2D eigenvalue weighted by molar-refractivity contribution is 8.01. The molecule has 0 radical (unpaired) electrons. The largest absolute Gasteiger partial charge is 0.480 e. The summed E-state index contributed by atoms with van der Waals surface area (Å²) in [7, 11) is 0. The monoisotopic (exact) mass is 433 g/mol. The molecule has 2 aromatic rings. The van der Waals surface area contributed by atoms with E-state index in [4.69, 9.17) is 14.3 Å². The molecule has 1 heterocycles. The van der Waals surface area contributed by atoms with Crippen LogP contribution in [-0.2, 0) is 27.3 Å². The molecule has 0 aliphatic rings. The molecule has 0 fully saturated rings. The maximum Gasteiger partial charge on any atom is 0.322 e. The number of benzene rings is 1. The predicted octanol–water partition coefficient (Wildman–Crippen LogP) is 4.62. The molecule has 6 nitrogen and oxygen atoms in total. The SMILES string of the molecule is CC(C)(C)OC(=O)C(C)(C)Sc1ccc(CCN(CC(=O)O)Cc2ccco2)cc1. The third-order valence-electron chi connectivity index (χ3n) is 4.22. The van der Waals surface area contributed by atoms with Crippen LogP contribution >= 0.6 is 11.8 Å². The fourth-order valence-electron chi connectivity index (χ4n) is 2.78. The van der Waals surface area contributed by atoms with Crippen molar-refractivity contribution in [1.82, 2.24) is 4.90 Å². The van der Waals surface area contributed by atoms with Gasteiger partial charge in [-0.3, -0.25) is 14.5 Å². The highest BCUT2D eigenvalue weighted by atomic mass is 32.2. The van der Waals surface area contributed by atoms with Crippen molar-refractivity contribution in [3.05, 3.63) is 54.0 Å². The van der Waals surface area contributed by atoms with E-state index < -0.39 is 16.3 Å². The van der Waals surface area contributed by atoms with Crippen molar-refractivity contribution in [2.45, 2.75) is 62.8 Å². The van der Waals surface area contributed by atoms with Crippen LogP contribution in [0.25, 0.3) is 0 Å². The molecule has 30 heavy (non-hydrogen) atoms. The maximum absolute atomic E-state index is 12.4. The van der Waals surface area contributed by atoms with Crippen LogP contribution in [0.15, 0.2) is 52.0 Å². The Hall–Kier alpha value is -2.25. The van der Waals surface area contributed by atoms with E-state index in [1.54, 1.807) is 12.3 Å². The van der Waals surface area contributed by atoms with Gasteiger partial charge >= 0.3 is 11.9 Å². The first kappa shape index (κ1) is 24.0. The van der Waals surface area contributed by atoms with Crippen LogP contribution in [0.1, 0.15) is 45.9 Å². The summed E-state index contributed by atoms with van der Waals surface area (Å²) in [4.78, 5) is 26.4. The van der Waals surface area contributed by atoms with E-state index in [2.05, 4.69) is 0 Å². The van der Waals surface area contributed by atoms with E-state index in [1.165, 1.54) is 11.8 Å². The van der Waals surface area contributed by atoms with E-state index in [1.807, 2.05) is 69.9 Å². The maximum atomic E-state index is 12.4. The summed E-state index contributed by atoms with van der Waals surface area (Å²) in [6.45, 7) is 10.3. The number of nitrogens with zero attached hydrogens (tertiary/aromatic N) is 1. The predicted molar refractivity (Wildman–Crippen MR) is 118 cm³/mol. The summed E-state index contributed by atoms with van der Waals surface area (Å²) in [6.07, 6.45) is 2.30. The third-order valence-corrected chi connectivity index (χ3v) is 5.41. The fourth-order valence-corrected chi connectivity index (χ4v) is 3.76. The first-order chi connectivity index (χ1) is 13.9. The Morgan fingerprint density at radius 2 is 1.77 bits per heavy atom. The third kappa shape index (κ3) is 8.24. The number of rotatable bonds is 10. The van der Waals surface area contributed by atoms with Gasteiger partial charge in [-0.2, -0.15) is 0 Å². The first-order valence-electron chi connectivity index (χ1n) is 9.92. The van der Waals surface area contributed by atoms with Crippen LogP contribution < -0.4 is 0 Å². The molecule has 0 saturated heterocycles. The highest BCUT2D eigenvalue weighted by Gasteiger charge is 2.33. The molecule has 164 valence electrons. The van der Waals surface area contributed by atoms with Gasteiger partial charge in [-0.25, -0.2) is 0 Å². The minimum atomic E-state index is -0.863. The average Bonchev–Trinajstić information content (AvgIpc) is 3.11. The lowest BCUT2D eigenvalue weighted by Gasteiger charge is -2.28. The van der Waals surface area contributed by atoms with E-state index in [-0.39, 0.29) is 12.5 Å². The van der Waals surface area contributed by atoms with Crippen molar-refractivity contribution >= 4 is 23.7 Å². The Kier molecular flexibility index (Phi) is 8.15. The lowest BCUT2D eigenvalue weighted by atomic mass is 10.1. The molecule has 1 aromatic heterocycles. The number of carboxylic acids is 1. The molecule has 0 aliphatic heterocycles. The van der Waals surface area contributed by atoms with Crippen LogP contribution in [0.3, 0.4) is 0 Å². The molecule has 0 saturated carbocycles.